The maximum Gasteiger partial charge on any atom is 0.283 e. The highest BCUT2D eigenvalue weighted by molar-refractivity contribution is 5.75. The summed E-state index contributed by atoms with van der Waals surface area (Å²) in [6.07, 6.45) is 7.97. The van der Waals surface area contributed by atoms with E-state index in [1.807, 2.05) is 24.6 Å². The van der Waals surface area contributed by atoms with Crippen molar-refractivity contribution in [1.29, 1.82) is 0 Å². The van der Waals surface area contributed by atoms with Gasteiger partial charge in [0.25, 0.3) is 11.1 Å². The monoisotopic (exact) mass is 324 g/mol. The Morgan fingerprint density at radius 3 is 2.62 bits per heavy atom. The smallest absolute Gasteiger partial charge is 0.283 e. The Morgan fingerprint density at radius 2 is 1.88 bits per heavy atom. The van der Waals surface area contributed by atoms with E-state index in [4.69, 9.17) is 0 Å². The zero-order valence-corrected chi connectivity index (χ0v) is 13.5. The molecule has 4 rings (SSSR count). The van der Waals surface area contributed by atoms with E-state index < -0.39 is 0 Å². The maximum absolute atomic E-state index is 12.8. The van der Waals surface area contributed by atoms with Gasteiger partial charge in [0.05, 0.1) is 5.39 Å². The first kappa shape index (κ1) is 14.4. The molecule has 0 saturated carbocycles. The summed E-state index contributed by atoms with van der Waals surface area (Å²) < 4.78 is 6.32. The lowest BCUT2D eigenvalue weighted by Crippen LogP contribution is -2.28. The lowest BCUT2D eigenvalue weighted by molar-refractivity contribution is 0.617. The van der Waals surface area contributed by atoms with Gasteiger partial charge in [-0.15, -0.1) is 0 Å². The summed E-state index contributed by atoms with van der Waals surface area (Å²) in [5.41, 5.74) is 0.273. The lowest BCUT2D eigenvalue weighted by Gasteiger charge is -2.10. The van der Waals surface area contributed by atoms with Crippen molar-refractivity contribution in [2.45, 2.75) is 19.9 Å². The predicted molar refractivity (Wildman–Crippen MR) is 89.7 cm³/mol. The molecule has 8 heteroatoms. The van der Waals surface area contributed by atoms with Crippen LogP contribution < -0.4 is 11.1 Å². The zero-order chi connectivity index (χ0) is 17.0. The second-order valence-electron chi connectivity index (χ2n) is 6.00. The standard InChI is InChI=1S/C16H16N6O2/c1-10(2)20-6-4-11-13(20)18-9-22(14(11)23)12-8-19(3)16-17-5-7-21(16)15(12)24/h4-10H,1-3H3. The minimum absolute atomic E-state index is 0.195. The van der Waals surface area contributed by atoms with Crippen molar-refractivity contribution in [2.75, 3.05) is 0 Å². The molecule has 0 aliphatic rings. The van der Waals surface area contributed by atoms with Crippen LogP contribution in [-0.2, 0) is 7.05 Å². The van der Waals surface area contributed by atoms with Gasteiger partial charge in [0, 0.05) is 37.9 Å². The Labute approximate surface area is 136 Å². The second kappa shape index (κ2) is 4.92. The van der Waals surface area contributed by atoms with Crippen LogP contribution in [0.25, 0.3) is 22.5 Å². The van der Waals surface area contributed by atoms with Crippen molar-refractivity contribution >= 4 is 16.8 Å². The number of aromatic nitrogens is 6. The summed E-state index contributed by atoms with van der Waals surface area (Å²) in [5.74, 6) is 0.511. The number of imidazole rings is 1. The Kier molecular flexibility index (Phi) is 2.96. The summed E-state index contributed by atoms with van der Waals surface area (Å²) in [6.45, 7) is 4.05. The van der Waals surface area contributed by atoms with Crippen LogP contribution in [0.1, 0.15) is 19.9 Å². The summed E-state index contributed by atoms with van der Waals surface area (Å²) in [6, 6.07) is 1.93. The Hall–Kier alpha value is -3.16. The van der Waals surface area contributed by atoms with Gasteiger partial charge in [0.1, 0.15) is 17.7 Å². The summed E-state index contributed by atoms with van der Waals surface area (Å²) >= 11 is 0. The minimum Gasteiger partial charge on any atom is -0.330 e. The van der Waals surface area contributed by atoms with Crippen LogP contribution in [0.15, 0.2) is 46.8 Å². The molecule has 122 valence electrons. The first-order valence-corrected chi connectivity index (χ1v) is 7.60. The van der Waals surface area contributed by atoms with Crippen LogP contribution in [0.2, 0.25) is 0 Å². The Bertz CT molecular complexity index is 1190. The van der Waals surface area contributed by atoms with E-state index in [-0.39, 0.29) is 22.8 Å². The fourth-order valence-electron chi connectivity index (χ4n) is 2.93. The number of aryl methyl sites for hydroxylation is 1. The molecule has 0 aliphatic carbocycles. The van der Waals surface area contributed by atoms with Crippen LogP contribution in [0.4, 0.5) is 0 Å². The highest BCUT2D eigenvalue weighted by Crippen LogP contribution is 2.15. The first-order chi connectivity index (χ1) is 11.5. The molecule has 0 atom stereocenters. The molecule has 4 heterocycles. The number of nitrogens with zero attached hydrogens (tertiary/aromatic N) is 6. The third-order valence-electron chi connectivity index (χ3n) is 4.14. The van der Waals surface area contributed by atoms with Gasteiger partial charge in [-0.3, -0.25) is 14.2 Å². The van der Waals surface area contributed by atoms with E-state index in [9.17, 15) is 9.59 Å². The number of rotatable bonds is 2. The van der Waals surface area contributed by atoms with E-state index >= 15 is 0 Å². The van der Waals surface area contributed by atoms with E-state index in [0.717, 1.165) is 0 Å². The van der Waals surface area contributed by atoms with E-state index in [2.05, 4.69) is 9.97 Å². The Balaban J connectivity index is 2.04. The van der Waals surface area contributed by atoms with Crippen LogP contribution in [-0.4, -0.2) is 28.1 Å². The van der Waals surface area contributed by atoms with Gasteiger partial charge >= 0.3 is 0 Å². The molecule has 0 amide bonds. The summed E-state index contributed by atoms with van der Waals surface area (Å²) in [5, 5.41) is 0.485. The molecule has 0 spiro atoms. The predicted octanol–water partition coefficient (Wildman–Crippen LogP) is 1.11. The van der Waals surface area contributed by atoms with Crippen LogP contribution in [0.3, 0.4) is 0 Å². The summed E-state index contributed by atoms with van der Waals surface area (Å²) in [7, 11) is 1.78. The average Bonchev–Trinajstić information content (AvgIpc) is 3.19. The van der Waals surface area contributed by atoms with Crippen molar-refractivity contribution in [3.63, 3.8) is 0 Å². The van der Waals surface area contributed by atoms with Crippen LogP contribution in [0.5, 0.6) is 0 Å². The second-order valence-corrected chi connectivity index (χ2v) is 6.00. The molecular weight excluding hydrogens is 308 g/mol. The molecular formula is C16H16N6O2. The molecule has 0 fully saturated rings. The van der Waals surface area contributed by atoms with Gasteiger partial charge in [-0.05, 0) is 19.9 Å². The topological polar surface area (TPSA) is 79.1 Å². The molecule has 24 heavy (non-hydrogen) atoms. The molecule has 0 bridgehead atoms. The van der Waals surface area contributed by atoms with Crippen LogP contribution in [0, 0.1) is 0 Å². The van der Waals surface area contributed by atoms with Gasteiger partial charge in [-0.25, -0.2) is 14.4 Å². The molecule has 4 aromatic rings. The van der Waals surface area contributed by atoms with Gasteiger partial charge in [-0.1, -0.05) is 0 Å². The molecule has 0 N–H and O–H groups in total. The van der Waals surface area contributed by atoms with Crippen LogP contribution >= 0.6 is 0 Å². The summed E-state index contributed by atoms with van der Waals surface area (Å²) in [4.78, 5) is 34.0. The third kappa shape index (κ3) is 1.86. The fraction of sp³-hybridized carbons (Fsp3) is 0.250. The zero-order valence-electron chi connectivity index (χ0n) is 13.5. The van der Waals surface area contributed by atoms with Crippen molar-refractivity contribution < 1.29 is 0 Å². The highest BCUT2D eigenvalue weighted by Gasteiger charge is 2.15. The van der Waals surface area contributed by atoms with Crippen molar-refractivity contribution in [3.05, 3.63) is 57.9 Å². The van der Waals surface area contributed by atoms with Gasteiger partial charge in [-0.2, -0.15) is 0 Å². The maximum atomic E-state index is 12.8. The quantitative estimate of drug-likeness (QED) is 0.553. The Morgan fingerprint density at radius 1 is 1.08 bits per heavy atom. The molecule has 0 aromatic carbocycles. The van der Waals surface area contributed by atoms with Gasteiger partial charge < -0.3 is 9.13 Å². The van der Waals surface area contributed by atoms with E-state index in [1.165, 1.54) is 15.3 Å². The highest BCUT2D eigenvalue weighted by atomic mass is 16.1. The van der Waals surface area contributed by atoms with Crippen molar-refractivity contribution in [2.24, 2.45) is 7.05 Å². The number of hydrogen-bond acceptors (Lipinski definition) is 4. The minimum atomic E-state index is -0.313. The number of hydrogen-bond donors (Lipinski definition) is 0. The third-order valence-corrected chi connectivity index (χ3v) is 4.14. The normalized spacial score (nSPS) is 11.8. The number of fused-ring (bicyclic) bond motifs is 2. The van der Waals surface area contributed by atoms with Gasteiger partial charge in [0.2, 0.25) is 5.78 Å². The molecule has 0 saturated heterocycles. The van der Waals surface area contributed by atoms with Crippen molar-refractivity contribution in [1.82, 2.24) is 28.1 Å². The average molecular weight is 324 g/mol. The molecule has 8 nitrogen and oxygen atoms in total. The molecule has 0 radical (unpaired) electrons. The molecule has 0 unspecified atom stereocenters. The van der Waals surface area contributed by atoms with Gasteiger partial charge in [0.15, 0.2) is 0 Å². The largest absolute Gasteiger partial charge is 0.330 e. The molecule has 4 aromatic heterocycles. The van der Waals surface area contributed by atoms with Crippen molar-refractivity contribution in [3.8, 4) is 5.69 Å². The first-order valence-electron chi connectivity index (χ1n) is 7.60. The lowest BCUT2D eigenvalue weighted by atomic mass is 10.3. The van der Waals surface area contributed by atoms with E-state index in [1.54, 1.807) is 36.3 Å². The van der Waals surface area contributed by atoms with E-state index in [0.29, 0.717) is 16.8 Å². The SMILES string of the molecule is CC(C)n1ccc2c(=O)n(-c3cn(C)c4nccn4c3=O)cnc21. The fourth-order valence-corrected chi connectivity index (χ4v) is 2.93. The molecule has 0 aliphatic heterocycles.